The summed E-state index contributed by atoms with van der Waals surface area (Å²) in [5.41, 5.74) is 23.8. The molecular weight excluding hydrogens is 608 g/mol. The fourth-order valence-electron chi connectivity index (χ4n) is 5.54. The van der Waals surface area contributed by atoms with Gasteiger partial charge in [0.25, 0.3) is 0 Å². The maximum atomic E-state index is 12.7. The average molecular weight is 659 g/mol. The van der Waals surface area contributed by atoms with Crippen molar-refractivity contribution in [2.45, 2.75) is 117 Å². The normalized spacial score (nSPS) is 43.9. The first-order chi connectivity index (χ1) is 21.2. The Morgan fingerprint density at radius 3 is 2.11 bits per heavy atom. The van der Waals surface area contributed by atoms with E-state index in [9.17, 15) is 45.6 Å². The number of carbonyl (C=O) groups is 1. The zero-order chi connectivity index (χ0) is 33.6. The Hall–Kier alpha value is -1.25. The quantitative estimate of drug-likeness (QED) is 0.0823. The first-order valence-electron chi connectivity index (χ1n) is 14.8. The Morgan fingerprint density at radius 2 is 1.49 bits per heavy atom. The Bertz CT molecular complexity index is 914. The lowest BCUT2D eigenvalue weighted by Gasteiger charge is -2.49. The van der Waals surface area contributed by atoms with Crippen molar-refractivity contribution in [1.82, 2.24) is 10.6 Å². The van der Waals surface area contributed by atoms with E-state index in [-0.39, 0.29) is 32.5 Å². The first kappa shape index (κ1) is 38.2. The number of hydrogen-bond acceptors (Lipinski definition) is 19. The number of hydrogen-bond donors (Lipinski definition) is 15. The van der Waals surface area contributed by atoms with Gasteiger partial charge < -0.3 is 98.5 Å². The Balaban J connectivity index is 1.82. The predicted octanol–water partition coefficient (Wildman–Crippen LogP) is -9.47. The van der Waals surface area contributed by atoms with Crippen molar-refractivity contribution < 1.29 is 69.7 Å². The van der Waals surface area contributed by atoms with Gasteiger partial charge in [0.05, 0.1) is 37.4 Å². The standard InChI is InChI=1S/C25H50N6O14/c26-2-1-11(35)23(41)31-10-3-9(27)21(20(40)22(10)45-25-19(39)14(28)16(36)13(7-33)43-25)44-24-15(29)18(38)17(37)12(42-24)5-30-4-8(34)6-32/h8-22,24-25,30,32-40H,1-7,26-29H2,(H,31,41)/t8?,9-,10+,11-,12+,13+,14-,15+,16+,17+,18+,19+,20-,21?,22-,24+,25+/m0/s1. The Morgan fingerprint density at radius 1 is 0.844 bits per heavy atom. The fourth-order valence-corrected chi connectivity index (χ4v) is 5.54. The summed E-state index contributed by atoms with van der Waals surface area (Å²) >= 11 is 0. The summed E-state index contributed by atoms with van der Waals surface area (Å²) in [5.74, 6) is -0.848. The molecule has 2 heterocycles. The van der Waals surface area contributed by atoms with Crippen LogP contribution in [0.4, 0.5) is 0 Å². The van der Waals surface area contributed by atoms with Crippen LogP contribution in [-0.2, 0) is 23.7 Å². The van der Waals surface area contributed by atoms with Crippen LogP contribution >= 0.6 is 0 Å². The molecule has 0 aromatic rings. The van der Waals surface area contributed by atoms with E-state index in [4.69, 9.17) is 47.0 Å². The first-order valence-corrected chi connectivity index (χ1v) is 14.8. The molecule has 2 aliphatic heterocycles. The molecule has 0 bridgehead atoms. The molecule has 3 aliphatic rings. The predicted molar refractivity (Wildman–Crippen MR) is 150 cm³/mol. The van der Waals surface area contributed by atoms with Crippen molar-refractivity contribution in [2.24, 2.45) is 22.9 Å². The highest BCUT2D eigenvalue weighted by Crippen LogP contribution is 2.32. The number of ether oxygens (including phenoxy) is 4. The maximum Gasteiger partial charge on any atom is 0.249 e. The summed E-state index contributed by atoms with van der Waals surface area (Å²) in [6.45, 7) is -1.34. The second-order valence-corrected chi connectivity index (χ2v) is 11.7. The molecule has 17 atom stereocenters. The van der Waals surface area contributed by atoms with Gasteiger partial charge in [-0.05, 0) is 19.4 Å². The minimum absolute atomic E-state index is 0.00280. The van der Waals surface area contributed by atoms with Crippen LogP contribution in [0, 0.1) is 0 Å². The Labute approximate surface area is 259 Å². The molecule has 1 aliphatic carbocycles. The summed E-state index contributed by atoms with van der Waals surface area (Å²) in [5, 5.41) is 97.1. The molecule has 2 saturated heterocycles. The molecule has 0 aromatic heterocycles. The van der Waals surface area contributed by atoms with Crippen molar-refractivity contribution in [1.29, 1.82) is 0 Å². The molecule has 19 N–H and O–H groups in total. The summed E-state index contributed by atoms with van der Waals surface area (Å²) in [6.07, 6.45) is -18.8. The average Bonchev–Trinajstić information content (AvgIpc) is 3.01. The van der Waals surface area contributed by atoms with Crippen LogP contribution in [0.15, 0.2) is 0 Å². The number of aliphatic hydroxyl groups is 9. The van der Waals surface area contributed by atoms with E-state index in [1.54, 1.807) is 0 Å². The monoisotopic (exact) mass is 658 g/mol. The third-order valence-corrected chi connectivity index (χ3v) is 8.29. The van der Waals surface area contributed by atoms with Crippen LogP contribution in [0.3, 0.4) is 0 Å². The van der Waals surface area contributed by atoms with Crippen molar-refractivity contribution >= 4 is 5.91 Å². The molecule has 264 valence electrons. The van der Waals surface area contributed by atoms with Crippen LogP contribution in [0.1, 0.15) is 12.8 Å². The van der Waals surface area contributed by atoms with Gasteiger partial charge in [0.15, 0.2) is 12.6 Å². The van der Waals surface area contributed by atoms with E-state index in [2.05, 4.69) is 10.6 Å². The maximum absolute atomic E-state index is 12.7. The lowest BCUT2D eigenvalue weighted by molar-refractivity contribution is -0.320. The lowest BCUT2D eigenvalue weighted by atomic mass is 9.83. The topological polar surface area (TPSA) is 364 Å². The highest BCUT2D eigenvalue weighted by Gasteiger charge is 2.52. The number of aliphatic hydroxyl groups excluding tert-OH is 9. The third-order valence-electron chi connectivity index (χ3n) is 8.29. The fraction of sp³-hybridized carbons (Fsp3) is 0.960. The summed E-state index contributed by atoms with van der Waals surface area (Å²) in [7, 11) is 0. The Kier molecular flexibility index (Phi) is 14.6. The summed E-state index contributed by atoms with van der Waals surface area (Å²) in [6, 6.07) is -4.79. The third kappa shape index (κ3) is 9.22. The van der Waals surface area contributed by atoms with Gasteiger partial charge in [-0.15, -0.1) is 0 Å². The number of nitrogens with two attached hydrogens (primary N) is 4. The van der Waals surface area contributed by atoms with Gasteiger partial charge in [-0.1, -0.05) is 0 Å². The van der Waals surface area contributed by atoms with Crippen LogP contribution in [0.2, 0.25) is 0 Å². The van der Waals surface area contributed by atoms with E-state index >= 15 is 0 Å². The van der Waals surface area contributed by atoms with Crippen molar-refractivity contribution in [3.8, 4) is 0 Å². The molecule has 1 saturated carbocycles. The molecule has 0 aromatic carbocycles. The van der Waals surface area contributed by atoms with Crippen LogP contribution in [0.5, 0.6) is 0 Å². The molecule has 45 heavy (non-hydrogen) atoms. The molecular formula is C25H50N6O14. The zero-order valence-electron chi connectivity index (χ0n) is 24.6. The van der Waals surface area contributed by atoms with Crippen LogP contribution < -0.4 is 33.6 Å². The number of rotatable bonds is 14. The van der Waals surface area contributed by atoms with E-state index in [0.29, 0.717) is 0 Å². The van der Waals surface area contributed by atoms with Gasteiger partial charge in [0.1, 0.15) is 61.0 Å². The van der Waals surface area contributed by atoms with E-state index in [0.717, 1.165) is 0 Å². The molecule has 20 heteroatoms. The van der Waals surface area contributed by atoms with Crippen LogP contribution in [0.25, 0.3) is 0 Å². The molecule has 0 radical (unpaired) electrons. The molecule has 0 spiro atoms. The van der Waals surface area contributed by atoms with Gasteiger partial charge in [0, 0.05) is 19.1 Å². The lowest BCUT2D eigenvalue weighted by Crippen LogP contribution is -2.70. The minimum atomic E-state index is -1.71. The van der Waals surface area contributed by atoms with Crippen molar-refractivity contribution in [3.05, 3.63) is 0 Å². The van der Waals surface area contributed by atoms with Gasteiger partial charge in [-0.25, -0.2) is 0 Å². The summed E-state index contributed by atoms with van der Waals surface area (Å²) < 4.78 is 23.1. The minimum Gasteiger partial charge on any atom is -0.394 e. The van der Waals surface area contributed by atoms with E-state index in [1.807, 2.05) is 0 Å². The van der Waals surface area contributed by atoms with Gasteiger partial charge in [0.2, 0.25) is 5.91 Å². The zero-order valence-corrected chi connectivity index (χ0v) is 24.6. The highest BCUT2D eigenvalue weighted by atomic mass is 16.7. The molecule has 20 nitrogen and oxygen atoms in total. The molecule has 3 fully saturated rings. The van der Waals surface area contributed by atoms with Gasteiger partial charge >= 0.3 is 0 Å². The smallest absolute Gasteiger partial charge is 0.249 e. The number of nitrogens with one attached hydrogen (secondary N) is 2. The van der Waals surface area contributed by atoms with Crippen molar-refractivity contribution in [3.63, 3.8) is 0 Å². The number of amides is 1. The second-order valence-electron chi connectivity index (χ2n) is 11.7. The van der Waals surface area contributed by atoms with E-state index < -0.39 is 123 Å². The molecule has 2 unspecified atom stereocenters. The van der Waals surface area contributed by atoms with Gasteiger partial charge in [-0.2, -0.15) is 0 Å². The largest absolute Gasteiger partial charge is 0.394 e. The number of carbonyl (C=O) groups excluding carboxylic acids is 1. The SMILES string of the molecule is NCC[C@H](O)C(=O)N[C@@H]1C[C@H](N)C(O[C@H]2O[C@H](CNCC(O)CO)[C@@H](O)[C@H](O)[C@H]2N)[C@H](O)[C@H]1O[C@H]1O[C@H](CO)[C@@H](O)[C@H](N)[C@H]1O. The molecule has 1 amide bonds. The second kappa shape index (κ2) is 17.2. The van der Waals surface area contributed by atoms with Gasteiger partial charge in [-0.3, -0.25) is 4.79 Å². The van der Waals surface area contributed by atoms with E-state index in [1.165, 1.54) is 0 Å². The van der Waals surface area contributed by atoms with Crippen molar-refractivity contribution in [2.75, 3.05) is 32.8 Å². The molecule has 3 rings (SSSR count). The van der Waals surface area contributed by atoms with Crippen LogP contribution in [-0.4, -0.2) is 189 Å². The highest BCUT2D eigenvalue weighted by molar-refractivity contribution is 5.80. The summed E-state index contributed by atoms with van der Waals surface area (Å²) in [4.78, 5) is 12.7.